The third-order valence-electron chi connectivity index (χ3n) is 7.26. The second-order valence-electron chi connectivity index (χ2n) is 12.3. The lowest BCUT2D eigenvalue weighted by atomic mass is 9.87. The van der Waals surface area contributed by atoms with Crippen LogP contribution in [0.2, 0.25) is 0 Å². The number of phosphoric acid groups is 3. The number of rotatable bonds is 21. The molecule has 1 aliphatic rings. The normalized spacial score (nSPS) is 22.6. The van der Waals surface area contributed by atoms with Crippen molar-refractivity contribution < 1.29 is 85.6 Å². The molecular formula is C26H42N7O18P3S. The van der Waals surface area contributed by atoms with E-state index in [9.17, 15) is 57.9 Å². The highest BCUT2D eigenvalue weighted by atomic mass is 32.2. The van der Waals surface area contributed by atoms with E-state index in [0.29, 0.717) is 0 Å². The molecule has 11 N–H and O–H groups in total. The number of hydrogen-bond donors (Lipinski definition) is 10. The lowest BCUT2D eigenvalue weighted by Gasteiger charge is -2.30. The van der Waals surface area contributed by atoms with Gasteiger partial charge < -0.3 is 56.0 Å². The van der Waals surface area contributed by atoms with E-state index < -0.39 is 90.7 Å². The summed E-state index contributed by atoms with van der Waals surface area (Å²) in [6.45, 7) is 1.82. The van der Waals surface area contributed by atoms with Gasteiger partial charge in [-0.15, -0.1) is 0 Å². The summed E-state index contributed by atoms with van der Waals surface area (Å²) in [4.78, 5) is 87.0. The number of nitrogens with two attached hydrogens (primary N) is 1. The van der Waals surface area contributed by atoms with E-state index in [0.717, 1.165) is 29.0 Å². The zero-order valence-electron chi connectivity index (χ0n) is 29.3. The zero-order chi connectivity index (χ0) is 41.4. The fourth-order valence-corrected chi connectivity index (χ4v) is 7.96. The van der Waals surface area contributed by atoms with Crippen LogP contribution in [0.5, 0.6) is 0 Å². The van der Waals surface area contributed by atoms with Gasteiger partial charge in [0.05, 0.1) is 25.6 Å². The second-order valence-corrected chi connectivity index (χ2v) is 17.7. The quantitative estimate of drug-likeness (QED) is 0.0392. The van der Waals surface area contributed by atoms with Crippen molar-refractivity contribution >= 4 is 69.1 Å². The number of phosphoric ester groups is 3. The molecule has 2 aromatic heterocycles. The molecule has 0 radical (unpaired) electrons. The Morgan fingerprint density at radius 3 is 2.40 bits per heavy atom. The van der Waals surface area contributed by atoms with Crippen molar-refractivity contribution in [2.75, 3.05) is 37.8 Å². The van der Waals surface area contributed by atoms with Crippen LogP contribution in [0.25, 0.3) is 11.2 Å². The highest BCUT2D eigenvalue weighted by Gasteiger charge is 2.50. The Labute approximate surface area is 316 Å². The average Bonchev–Trinajstić information content (AvgIpc) is 3.63. The van der Waals surface area contributed by atoms with Gasteiger partial charge in [0.2, 0.25) is 16.9 Å². The zero-order valence-corrected chi connectivity index (χ0v) is 32.8. The summed E-state index contributed by atoms with van der Waals surface area (Å²) in [5, 5.41) is 35.0. The van der Waals surface area contributed by atoms with Gasteiger partial charge in [-0.2, -0.15) is 4.31 Å². The van der Waals surface area contributed by atoms with E-state index in [4.69, 9.17) is 24.6 Å². The minimum atomic E-state index is -5.58. The van der Waals surface area contributed by atoms with Gasteiger partial charge in [0.1, 0.15) is 36.3 Å². The minimum absolute atomic E-state index is 0.0250. The lowest BCUT2D eigenvalue weighted by molar-refractivity contribution is -0.137. The Morgan fingerprint density at radius 2 is 1.75 bits per heavy atom. The summed E-state index contributed by atoms with van der Waals surface area (Å²) in [5.74, 6) is -1.28. The molecule has 0 saturated carbocycles. The number of carbonyl (C=O) groups is 3. The maximum Gasteiger partial charge on any atom is 0.481 e. The maximum absolute atomic E-state index is 12.7. The maximum atomic E-state index is 12.7. The number of nitrogen functional groups attached to an aromatic ring is 1. The molecule has 29 heteroatoms. The number of ether oxygens (including phenoxy) is 1. The molecule has 1 aliphatic heterocycles. The summed E-state index contributed by atoms with van der Waals surface area (Å²) in [6.07, 6.45) is -5.26. The van der Waals surface area contributed by atoms with Gasteiger partial charge >= 0.3 is 23.5 Å². The number of anilines is 1. The predicted molar refractivity (Wildman–Crippen MR) is 188 cm³/mol. The van der Waals surface area contributed by atoms with E-state index in [1.165, 1.54) is 32.9 Å². The molecule has 310 valence electrons. The number of carbonyl (C=O) groups excluding carboxylic acids is 3. The standard InChI is InChI=1S/C26H42N7O18P3S/c1-14(34)4-5-17(36)55-9-8-28-16(35)6-7-29-24(39)21(38)26(2,3)11-48-54(45,46)51-53(43,44)47-10-15-20(50-52(40,41)42)19(37)25(49-15)33-13-32-18-22(27)30-12-31-23(18)33/h4-5,12-15,19-21,25,34,37-38H,6-11H2,1-3H3,(H,28,35)(H,29,39)(H,43,44)(H,45,46)(H2,27,30,31)(H2,40,41,42)/t14?,15-,19-,20-,21+,25-/m1/s1. The molecule has 1 saturated heterocycles. The third kappa shape index (κ3) is 14.6. The highest BCUT2D eigenvalue weighted by Crippen LogP contribution is 2.61. The molecule has 55 heavy (non-hydrogen) atoms. The topological polar surface area (TPSA) is 384 Å². The average molecular weight is 866 g/mol. The van der Waals surface area contributed by atoms with Crippen LogP contribution in [-0.2, 0) is 50.7 Å². The van der Waals surface area contributed by atoms with Gasteiger partial charge in [-0.3, -0.25) is 32.5 Å². The number of aromatic nitrogens is 4. The summed E-state index contributed by atoms with van der Waals surface area (Å²) >= 11 is 0.914. The number of amides is 2. The Balaban J connectivity index is 1.50. The highest BCUT2D eigenvalue weighted by molar-refractivity contribution is 8.14. The smallest absolute Gasteiger partial charge is 0.389 e. The van der Waals surface area contributed by atoms with Crippen LogP contribution in [0.1, 0.15) is 33.4 Å². The molecule has 1 fully saturated rings. The minimum Gasteiger partial charge on any atom is -0.389 e. The van der Waals surface area contributed by atoms with Crippen molar-refractivity contribution in [1.29, 1.82) is 0 Å². The summed E-state index contributed by atoms with van der Waals surface area (Å²) in [6, 6.07) is 0. The second kappa shape index (κ2) is 19.6. The van der Waals surface area contributed by atoms with Crippen LogP contribution in [0.15, 0.2) is 24.8 Å². The van der Waals surface area contributed by atoms with E-state index in [-0.39, 0.29) is 47.4 Å². The number of nitrogens with zero attached hydrogens (tertiary/aromatic N) is 4. The molecule has 0 aliphatic carbocycles. The molecular weight excluding hydrogens is 823 g/mol. The van der Waals surface area contributed by atoms with Crippen molar-refractivity contribution in [3.05, 3.63) is 24.8 Å². The summed E-state index contributed by atoms with van der Waals surface area (Å²) < 4.78 is 62.0. The Morgan fingerprint density at radius 1 is 1.07 bits per heavy atom. The molecule has 3 rings (SSSR count). The number of thioether (sulfide) groups is 1. The number of aliphatic hydroxyl groups is 3. The summed E-state index contributed by atoms with van der Waals surface area (Å²) in [5.41, 5.74) is 4.23. The van der Waals surface area contributed by atoms with Gasteiger partial charge in [0.15, 0.2) is 17.7 Å². The molecule has 0 aromatic carbocycles. The van der Waals surface area contributed by atoms with Crippen LogP contribution >= 0.6 is 35.2 Å². The van der Waals surface area contributed by atoms with Gasteiger partial charge in [0, 0.05) is 30.7 Å². The molecule has 8 atom stereocenters. The van der Waals surface area contributed by atoms with Crippen molar-refractivity contribution in [3.63, 3.8) is 0 Å². The van der Waals surface area contributed by atoms with Gasteiger partial charge in [-0.25, -0.2) is 28.6 Å². The van der Waals surface area contributed by atoms with E-state index >= 15 is 0 Å². The van der Waals surface area contributed by atoms with Crippen LogP contribution in [0.4, 0.5) is 5.82 Å². The molecule has 3 unspecified atom stereocenters. The Hall–Kier alpha value is -2.74. The first-order valence-corrected chi connectivity index (χ1v) is 21.3. The van der Waals surface area contributed by atoms with Crippen LogP contribution < -0.4 is 16.4 Å². The van der Waals surface area contributed by atoms with Crippen molar-refractivity contribution in [3.8, 4) is 0 Å². The SMILES string of the molecule is CC(O)C=CC(=O)SCCNC(=O)CCNC(=O)[C@H](O)C(C)(C)COP(=O)(O)OP(=O)(O)OC[C@H]1O[C@@H](n2cnc3c(N)ncnc32)[C@H](O)[C@@H]1OP(=O)(O)O. The number of aliphatic hydroxyl groups excluding tert-OH is 3. The Bertz CT molecular complexity index is 1840. The van der Waals surface area contributed by atoms with Crippen molar-refractivity contribution in [1.82, 2.24) is 30.2 Å². The first kappa shape index (κ1) is 46.6. The van der Waals surface area contributed by atoms with Crippen molar-refractivity contribution in [2.45, 2.75) is 63.9 Å². The number of nitrogens with one attached hydrogen (secondary N) is 2. The number of hydrogen-bond acceptors (Lipinski definition) is 19. The monoisotopic (exact) mass is 865 g/mol. The first-order chi connectivity index (χ1) is 25.4. The number of fused-ring (bicyclic) bond motifs is 1. The van der Waals surface area contributed by atoms with E-state index in [1.54, 1.807) is 0 Å². The van der Waals surface area contributed by atoms with Gasteiger partial charge in [-0.05, 0) is 13.0 Å². The van der Waals surface area contributed by atoms with E-state index in [2.05, 4.69) is 34.4 Å². The molecule has 3 heterocycles. The van der Waals surface area contributed by atoms with Gasteiger partial charge in [0.25, 0.3) is 0 Å². The van der Waals surface area contributed by atoms with Crippen LogP contribution in [0, 0.1) is 5.41 Å². The molecule has 25 nitrogen and oxygen atoms in total. The van der Waals surface area contributed by atoms with Crippen LogP contribution in [0.3, 0.4) is 0 Å². The fourth-order valence-electron chi connectivity index (χ4n) is 4.55. The molecule has 2 aromatic rings. The first-order valence-electron chi connectivity index (χ1n) is 15.8. The molecule has 0 spiro atoms. The third-order valence-corrected chi connectivity index (χ3v) is 11.2. The lowest BCUT2D eigenvalue weighted by Crippen LogP contribution is -2.46. The predicted octanol–water partition coefficient (Wildman–Crippen LogP) is -1.40. The van der Waals surface area contributed by atoms with Crippen LogP contribution in [-0.4, -0.2) is 134 Å². The van der Waals surface area contributed by atoms with E-state index in [1.807, 2.05) is 0 Å². The summed E-state index contributed by atoms with van der Waals surface area (Å²) in [7, 11) is -16.4. The largest absolute Gasteiger partial charge is 0.481 e. The van der Waals surface area contributed by atoms with Gasteiger partial charge in [-0.1, -0.05) is 31.7 Å². The molecule has 2 amide bonds. The molecule has 0 bridgehead atoms. The number of imidazole rings is 1. The Kier molecular flexibility index (Phi) is 16.6. The fraction of sp³-hybridized carbons (Fsp3) is 0.615. The van der Waals surface area contributed by atoms with Crippen molar-refractivity contribution in [2.24, 2.45) is 5.41 Å².